The van der Waals surface area contributed by atoms with Crippen LogP contribution in [0.2, 0.25) is 0 Å². The molecule has 1 aliphatic rings. The third-order valence-corrected chi connectivity index (χ3v) is 3.11. The van der Waals surface area contributed by atoms with Crippen LogP contribution in [-0.4, -0.2) is 16.7 Å². The minimum Gasteiger partial charge on any atom is -0.388 e. The monoisotopic (exact) mass is 185 g/mol. The van der Waals surface area contributed by atoms with Gasteiger partial charge in [-0.2, -0.15) is 0 Å². The van der Waals surface area contributed by atoms with E-state index in [1.807, 2.05) is 0 Å². The van der Waals surface area contributed by atoms with Crippen molar-refractivity contribution in [3.8, 4) is 0 Å². The van der Waals surface area contributed by atoms with Crippen molar-refractivity contribution in [3.63, 3.8) is 0 Å². The van der Waals surface area contributed by atoms with E-state index in [2.05, 4.69) is 20.8 Å². The Bertz CT molecular complexity index is 167. The highest BCUT2D eigenvalue weighted by Gasteiger charge is 2.40. The molecule has 0 heterocycles. The van der Waals surface area contributed by atoms with Crippen molar-refractivity contribution in [1.29, 1.82) is 0 Å². The maximum Gasteiger partial charge on any atom is 0.0798 e. The highest BCUT2D eigenvalue weighted by atomic mass is 16.3. The minimum absolute atomic E-state index is 0.0134. The second-order valence-electron chi connectivity index (χ2n) is 5.66. The van der Waals surface area contributed by atoms with E-state index in [1.165, 1.54) is 0 Å². The van der Waals surface area contributed by atoms with Crippen LogP contribution in [0.3, 0.4) is 0 Å². The van der Waals surface area contributed by atoms with Crippen molar-refractivity contribution in [2.75, 3.05) is 0 Å². The molecule has 0 saturated heterocycles. The van der Waals surface area contributed by atoms with E-state index in [0.717, 1.165) is 32.1 Å². The van der Waals surface area contributed by atoms with Crippen LogP contribution in [-0.2, 0) is 0 Å². The van der Waals surface area contributed by atoms with Gasteiger partial charge in [-0.1, -0.05) is 20.8 Å². The van der Waals surface area contributed by atoms with Gasteiger partial charge >= 0.3 is 0 Å². The lowest BCUT2D eigenvalue weighted by Crippen LogP contribution is -2.53. The Morgan fingerprint density at radius 2 is 1.92 bits per heavy atom. The Hall–Kier alpha value is -0.0800. The molecule has 0 aromatic carbocycles. The van der Waals surface area contributed by atoms with Crippen LogP contribution in [0.1, 0.15) is 52.9 Å². The molecule has 2 nitrogen and oxygen atoms in total. The number of rotatable bonds is 3. The van der Waals surface area contributed by atoms with Crippen LogP contribution < -0.4 is 5.73 Å². The fraction of sp³-hybridized carbons (Fsp3) is 1.00. The smallest absolute Gasteiger partial charge is 0.0798 e. The van der Waals surface area contributed by atoms with Gasteiger partial charge in [-0.05, 0) is 37.5 Å². The van der Waals surface area contributed by atoms with Crippen LogP contribution in [0, 0.1) is 5.41 Å². The zero-order valence-electron chi connectivity index (χ0n) is 9.14. The van der Waals surface area contributed by atoms with Crippen LogP contribution in [0.25, 0.3) is 0 Å². The fourth-order valence-electron chi connectivity index (χ4n) is 1.77. The summed E-state index contributed by atoms with van der Waals surface area (Å²) in [6.07, 6.45) is 4.98. The molecule has 0 aromatic heterocycles. The third kappa shape index (κ3) is 2.96. The van der Waals surface area contributed by atoms with E-state index in [1.54, 1.807) is 0 Å². The molecule has 0 aliphatic heterocycles. The standard InChI is InChI=1S/C11H23NO/c1-10(2,3)8-5-9(12)11(13)6-4-7-11/h9,13H,4-8,12H2,1-3H3. The van der Waals surface area contributed by atoms with Gasteiger partial charge in [0.1, 0.15) is 0 Å². The number of hydrogen-bond acceptors (Lipinski definition) is 2. The minimum atomic E-state index is -0.523. The summed E-state index contributed by atoms with van der Waals surface area (Å²) in [7, 11) is 0. The van der Waals surface area contributed by atoms with Gasteiger partial charge in [0.05, 0.1) is 5.60 Å². The lowest BCUT2D eigenvalue weighted by atomic mass is 9.72. The van der Waals surface area contributed by atoms with Crippen molar-refractivity contribution < 1.29 is 5.11 Å². The van der Waals surface area contributed by atoms with Gasteiger partial charge in [-0.3, -0.25) is 0 Å². The molecule has 2 heteroatoms. The molecule has 1 saturated carbocycles. The quantitative estimate of drug-likeness (QED) is 0.707. The highest BCUT2D eigenvalue weighted by molar-refractivity contribution is 4.96. The van der Waals surface area contributed by atoms with Gasteiger partial charge in [-0.15, -0.1) is 0 Å². The Kier molecular flexibility index (Phi) is 3.03. The molecule has 1 aliphatic carbocycles. The fourth-order valence-corrected chi connectivity index (χ4v) is 1.77. The Balaban J connectivity index is 2.29. The predicted octanol–water partition coefficient (Wildman–Crippen LogP) is 2.05. The maximum atomic E-state index is 9.95. The van der Waals surface area contributed by atoms with E-state index in [9.17, 15) is 5.11 Å². The largest absolute Gasteiger partial charge is 0.388 e. The molecule has 0 radical (unpaired) electrons. The first kappa shape index (κ1) is 11.0. The first-order chi connectivity index (χ1) is 5.83. The lowest BCUT2D eigenvalue weighted by molar-refractivity contribution is -0.0585. The van der Waals surface area contributed by atoms with Gasteiger partial charge in [0.25, 0.3) is 0 Å². The van der Waals surface area contributed by atoms with Gasteiger partial charge in [-0.25, -0.2) is 0 Å². The number of aliphatic hydroxyl groups is 1. The van der Waals surface area contributed by atoms with E-state index < -0.39 is 5.60 Å². The van der Waals surface area contributed by atoms with Crippen molar-refractivity contribution in [2.45, 2.75) is 64.5 Å². The normalized spacial score (nSPS) is 23.8. The van der Waals surface area contributed by atoms with Crippen molar-refractivity contribution >= 4 is 0 Å². The molecule has 0 amide bonds. The van der Waals surface area contributed by atoms with Gasteiger partial charge in [0, 0.05) is 6.04 Å². The van der Waals surface area contributed by atoms with Gasteiger partial charge in [0.15, 0.2) is 0 Å². The second kappa shape index (κ2) is 3.58. The topological polar surface area (TPSA) is 46.2 Å². The summed E-state index contributed by atoms with van der Waals surface area (Å²) in [4.78, 5) is 0. The van der Waals surface area contributed by atoms with Crippen LogP contribution >= 0.6 is 0 Å². The first-order valence-corrected chi connectivity index (χ1v) is 5.31. The Labute approximate surface area is 81.5 Å². The SMILES string of the molecule is CC(C)(C)CCC(N)C1(O)CCC1. The molecule has 1 fully saturated rings. The first-order valence-electron chi connectivity index (χ1n) is 5.31. The number of hydrogen-bond donors (Lipinski definition) is 2. The summed E-state index contributed by atoms with van der Waals surface area (Å²) in [6, 6.07) is -0.0134. The summed E-state index contributed by atoms with van der Waals surface area (Å²) >= 11 is 0. The molecular weight excluding hydrogens is 162 g/mol. The zero-order valence-corrected chi connectivity index (χ0v) is 9.14. The molecule has 1 rings (SSSR count). The molecule has 3 N–H and O–H groups in total. The molecule has 0 bridgehead atoms. The molecule has 13 heavy (non-hydrogen) atoms. The molecule has 0 spiro atoms. The summed E-state index contributed by atoms with van der Waals surface area (Å²) in [5, 5.41) is 9.95. The highest BCUT2D eigenvalue weighted by Crippen LogP contribution is 2.36. The summed E-state index contributed by atoms with van der Waals surface area (Å²) in [5.74, 6) is 0. The van der Waals surface area contributed by atoms with Crippen LogP contribution in [0.5, 0.6) is 0 Å². The lowest BCUT2D eigenvalue weighted by Gasteiger charge is -2.42. The van der Waals surface area contributed by atoms with Crippen molar-refractivity contribution in [3.05, 3.63) is 0 Å². The van der Waals surface area contributed by atoms with Crippen molar-refractivity contribution in [1.82, 2.24) is 0 Å². The average molecular weight is 185 g/mol. The zero-order chi connectivity index (χ0) is 10.1. The van der Waals surface area contributed by atoms with E-state index >= 15 is 0 Å². The molecule has 1 atom stereocenters. The van der Waals surface area contributed by atoms with Crippen LogP contribution in [0.15, 0.2) is 0 Å². The average Bonchev–Trinajstić information content (AvgIpc) is 1.94. The van der Waals surface area contributed by atoms with E-state index in [4.69, 9.17) is 5.73 Å². The molecule has 78 valence electrons. The van der Waals surface area contributed by atoms with E-state index in [-0.39, 0.29) is 6.04 Å². The molecule has 1 unspecified atom stereocenters. The Morgan fingerprint density at radius 3 is 2.23 bits per heavy atom. The maximum absolute atomic E-state index is 9.95. The summed E-state index contributed by atoms with van der Waals surface area (Å²) < 4.78 is 0. The summed E-state index contributed by atoms with van der Waals surface area (Å²) in [5.41, 5.74) is 5.78. The number of nitrogens with two attached hydrogens (primary N) is 1. The Morgan fingerprint density at radius 1 is 1.38 bits per heavy atom. The van der Waals surface area contributed by atoms with Crippen molar-refractivity contribution in [2.24, 2.45) is 11.1 Å². The molecule has 0 aromatic rings. The van der Waals surface area contributed by atoms with E-state index in [0.29, 0.717) is 5.41 Å². The summed E-state index contributed by atoms with van der Waals surface area (Å²) in [6.45, 7) is 6.64. The molecular formula is C11H23NO. The predicted molar refractivity (Wildman–Crippen MR) is 55.5 cm³/mol. The van der Waals surface area contributed by atoms with Crippen LogP contribution in [0.4, 0.5) is 0 Å². The van der Waals surface area contributed by atoms with Gasteiger partial charge in [0.2, 0.25) is 0 Å². The second-order valence-corrected chi connectivity index (χ2v) is 5.66. The third-order valence-electron chi connectivity index (χ3n) is 3.11. The van der Waals surface area contributed by atoms with Gasteiger partial charge < -0.3 is 10.8 Å².